The van der Waals surface area contributed by atoms with Gasteiger partial charge in [0.25, 0.3) is 0 Å². The van der Waals surface area contributed by atoms with Crippen LogP contribution in [-0.4, -0.2) is 56.2 Å². The lowest BCUT2D eigenvalue weighted by atomic mass is 9.84. The van der Waals surface area contributed by atoms with Gasteiger partial charge in [-0.25, -0.2) is 0 Å². The van der Waals surface area contributed by atoms with Gasteiger partial charge in [-0.2, -0.15) is 0 Å². The first-order chi connectivity index (χ1) is 9.24. The topological polar surface area (TPSA) is 67.6 Å². The lowest BCUT2D eigenvalue weighted by Crippen LogP contribution is -2.48. The van der Waals surface area contributed by atoms with Crippen LogP contribution in [-0.2, 0) is 9.53 Å². The van der Waals surface area contributed by atoms with Gasteiger partial charge in [0.1, 0.15) is 6.10 Å². The van der Waals surface area contributed by atoms with Crippen molar-refractivity contribution in [3.05, 3.63) is 0 Å². The van der Waals surface area contributed by atoms with E-state index < -0.39 is 0 Å². The van der Waals surface area contributed by atoms with Crippen molar-refractivity contribution in [1.82, 2.24) is 10.2 Å². The number of hydrogen-bond donors (Lipinski definition) is 2. The van der Waals surface area contributed by atoms with Crippen LogP contribution < -0.4 is 11.1 Å². The molecule has 3 N–H and O–H groups in total. The Morgan fingerprint density at radius 1 is 1.32 bits per heavy atom. The van der Waals surface area contributed by atoms with Crippen LogP contribution in [0.25, 0.3) is 0 Å². The molecule has 7 heteroatoms. The maximum Gasteiger partial charge on any atom is 0.249 e. The maximum absolute atomic E-state index is 12.3. The van der Waals surface area contributed by atoms with Gasteiger partial charge in [0.15, 0.2) is 0 Å². The standard InChI is InChI=1S/C15H31N3O2.2ClH/c1-15(2,3)13(8-9-18(4)5)17-14(19)12-7-6-11(10-16)20-12;;/h11-13H,6-10,16H2,1-5H3,(H,17,19);2*1H/t11-,12+,13?;;/m1../s1. The molecular formula is C15H33Cl2N3O2. The van der Waals surface area contributed by atoms with Gasteiger partial charge in [-0.05, 0) is 45.3 Å². The zero-order valence-corrected chi connectivity index (χ0v) is 16.1. The van der Waals surface area contributed by atoms with Gasteiger partial charge in [-0.3, -0.25) is 4.79 Å². The Kier molecular flexibility index (Phi) is 11.7. The summed E-state index contributed by atoms with van der Waals surface area (Å²) in [6.45, 7) is 7.93. The highest BCUT2D eigenvalue weighted by Crippen LogP contribution is 2.24. The lowest BCUT2D eigenvalue weighted by molar-refractivity contribution is -0.133. The van der Waals surface area contributed by atoms with Crippen molar-refractivity contribution in [2.24, 2.45) is 11.1 Å². The highest BCUT2D eigenvalue weighted by atomic mass is 35.5. The second kappa shape index (κ2) is 10.7. The normalized spacial score (nSPS) is 22.7. The molecule has 0 saturated carbocycles. The quantitative estimate of drug-likeness (QED) is 0.760. The van der Waals surface area contributed by atoms with Crippen molar-refractivity contribution in [2.75, 3.05) is 27.2 Å². The van der Waals surface area contributed by atoms with Crippen LogP contribution in [0.1, 0.15) is 40.0 Å². The highest BCUT2D eigenvalue weighted by molar-refractivity contribution is 5.85. The van der Waals surface area contributed by atoms with Gasteiger partial charge in [0.2, 0.25) is 5.91 Å². The van der Waals surface area contributed by atoms with Crippen molar-refractivity contribution in [2.45, 2.75) is 58.3 Å². The van der Waals surface area contributed by atoms with Crippen LogP contribution in [0.15, 0.2) is 0 Å². The van der Waals surface area contributed by atoms with E-state index in [2.05, 4.69) is 31.0 Å². The molecular weight excluding hydrogens is 325 g/mol. The summed E-state index contributed by atoms with van der Waals surface area (Å²) in [6, 6.07) is 0.151. The molecule has 1 aliphatic rings. The summed E-state index contributed by atoms with van der Waals surface area (Å²) in [5.41, 5.74) is 5.62. The van der Waals surface area contributed by atoms with Crippen molar-refractivity contribution in [3.63, 3.8) is 0 Å². The molecule has 1 unspecified atom stereocenters. The van der Waals surface area contributed by atoms with Crippen LogP contribution in [0.4, 0.5) is 0 Å². The minimum absolute atomic E-state index is 0. The van der Waals surface area contributed by atoms with Gasteiger partial charge >= 0.3 is 0 Å². The average Bonchev–Trinajstić information content (AvgIpc) is 2.81. The summed E-state index contributed by atoms with van der Waals surface area (Å²) >= 11 is 0. The largest absolute Gasteiger partial charge is 0.364 e. The Morgan fingerprint density at radius 3 is 2.32 bits per heavy atom. The number of nitrogens with two attached hydrogens (primary N) is 1. The summed E-state index contributed by atoms with van der Waals surface area (Å²) < 4.78 is 5.66. The van der Waals surface area contributed by atoms with Crippen molar-refractivity contribution in [1.29, 1.82) is 0 Å². The highest BCUT2D eigenvalue weighted by Gasteiger charge is 2.33. The number of halogens is 2. The fraction of sp³-hybridized carbons (Fsp3) is 0.933. The summed E-state index contributed by atoms with van der Waals surface area (Å²) in [5.74, 6) is 0.0135. The van der Waals surface area contributed by atoms with Gasteiger partial charge in [-0.1, -0.05) is 20.8 Å². The number of nitrogens with zero attached hydrogens (tertiary/aromatic N) is 1. The zero-order chi connectivity index (χ0) is 15.3. The van der Waals surface area contributed by atoms with Gasteiger partial charge < -0.3 is 20.7 Å². The maximum atomic E-state index is 12.3. The second-order valence-corrected chi connectivity index (χ2v) is 7.08. The van der Waals surface area contributed by atoms with E-state index in [-0.39, 0.29) is 54.4 Å². The summed E-state index contributed by atoms with van der Waals surface area (Å²) in [6.07, 6.45) is 2.31. The fourth-order valence-corrected chi connectivity index (χ4v) is 2.45. The van der Waals surface area contributed by atoms with E-state index >= 15 is 0 Å². The Morgan fingerprint density at radius 2 is 1.91 bits per heavy atom. The van der Waals surface area contributed by atoms with E-state index in [1.807, 2.05) is 14.1 Å². The van der Waals surface area contributed by atoms with E-state index in [9.17, 15) is 4.79 Å². The van der Waals surface area contributed by atoms with E-state index in [4.69, 9.17) is 10.5 Å². The summed E-state index contributed by atoms with van der Waals surface area (Å²) in [7, 11) is 4.10. The number of amides is 1. The Labute approximate surface area is 147 Å². The molecule has 0 aromatic rings. The van der Waals surface area contributed by atoms with Gasteiger partial charge in [0.05, 0.1) is 6.10 Å². The van der Waals surface area contributed by atoms with Gasteiger partial charge in [-0.15, -0.1) is 24.8 Å². The Balaban J connectivity index is 0. The Hall–Kier alpha value is -0.0700. The molecule has 3 atom stereocenters. The molecule has 0 aromatic carbocycles. The summed E-state index contributed by atoms with van der Waals surface area (Å²) in [4.78, 5) is 14.5. The number of carbonyl (C=O) groups excluding carboxylic acids is 1. The van der Waals surface area contributed by atoms with Crippen molar-refractivity contribution in [3.8, 4) is 0 Å². The molecule has 1 fully saturated rings. The first kappa shape index (κ1) is 24.2. The monoisotopic (exact) mass is 357 g/mol. The molecule has 134 valence electrons. The molecule has 1 heterocycles. The molecule has 0 spiro atoms. The van der Waals surface area contributed by atoms with E-state index in [1.165, 1.54) is 0 Å². The number of nitrogens with one attached hydrogen (secondary N) is 1. The van der Waals surface area contributed by atoms with Gasteiger partial charge in [0, 0.05) is 12.6 Å². The molecule has 1 rings (SSSR count). The van der Waals surface area contributed by atoms with Crippen molar-refractivity contribution >= 4 is 30.7 Å². The molecule has 0 aliphatic carbocycles. The lowest BCUT2D eigenvalue weighted by Gasteiger charge is -2.33. The molecule has 5 nitrogen and oxygen atoms in total. The zero-order valence-electron chi connectivity index (χ0n) is 14.4. The minimum atomic E-state index is -0.326. The first-order valence-corrected chi connectivity index (χ1v) is 7.54. The number of hydrogen-bond acceptors (Lipinski definition) is 4. The predicted molar refractivity (Wildman–Crippen MR) is 96.0 cm³/mol. The molecule has 1 amide bonds. The van der Waals surface area contributed by atoms with E-state index in [1.54, 1.807) is 0 Å². The smallest absolute Gasteiger partial charge is 0.249 e. The molecule has 22 heavy (non-hydrogen) atoms. The summed E-state index contributed by atoms with van der Waals surface area (Å²) in [5, 5.41) is 3.17. The van der Waals surface area contributed by atoms with E-state index in [0.717, 1.165) is 25.8 Å². The van der Waals surface area contributed by atoms with Crippen LogP contribution in [0.5, 0.6) is 0 Å². The molecule has 0 bridgehead atoms. The first-order valence-electron chi connectivity index (χ1n) is 7.54. The second-order valence-electron chi connectivity index (χ2n) is 7.08. The molecule has 0 aromatic heterocycles. The number of rotatable bonds is 6. The number of carbonyl (C=O) groups is 1. The third-order valence-electron chi connectivity index (χ3n) is 3.89. The van der Waals surface area contributed by atoms with Crippen molar-refractivity contribution < 1.29 is 9.53 Å². The van der Waals surface area contributed by atoms with Crippen LogP contribution in [0.2, 0.25) is 0 Å². The van der Waals surface area contributed by atoms with E-state index in [0.29, 0.717) is 6.54 Å². The fourth-order valence-electron chi connectivity index (χ4n) is 2.45. The minimum Gasteiger partial charge on any atom is -0.364 e. The van der Waals surface area contributed by atoms with Crippen LogP contribution >= 0.6 is 24.8 Å². The predicted octanol–water partition coefficient (Wildman–Crippen LogP) is 1.82. The third kappa shape index (κ3) is 7.97. The Bertz CT molecular complexity index is 322. The number of ether oxygens (including phenoxy) is 1. The molecule has 1 saturated heterocycles. The molecule has 1 aliphatic heterocycles. The van der Waals surface area contributed by atoms with Crippen LogP contribution in [0.3, 0.4) is 0 Å². The van der Waals surface area contributed by atoms with Crippen LogP contribution in [0, 0.1) is 5.41 Å². The average molecular weight is 358 g/mol. The molecule has 0 radical (unpaired) electrons. The SMILES string of the molecule is CN(C)CCC(NC(=O)[C@@H]1CC[C@H](CN)O1)C(C)(C)C.Cl.Cl. The third-order valence-corrected chi connectivity index (χ3v) is 3.89.